The van der Waals surface area contributed by atoms with E-state index in [1.54, 1.807) is 32.9 Å². The Hall–Kier alpha value is -1.43. The first-order valence-electron chi connectivity index (χ1n) is 6.29. The zero-order chi connectivity index (χ0) is 15.1. The van der Waals surface area contributed by atoms with Crippen molar-refractivity contribution in [1.82, 2.24) is 10.2 Å². The highest BCUT2D eigenvalue weighted by molar-refractivity contribution is 9.10. The highest BCUT2D eigenvalue weighted by Crippen LogP contribution is 2.23. The number of rotatable bonds is 2. The van der Waals surface area contributed by atoms with Crippen LogP contribution < -0.4 is 5.32 Å². The molecule has 2 rings (SSSR count). The minimum Gasteiger partial charge on any atom is -0.340 e. The van der Waals surface area contributed by atoms with E-state index in [-0.39, 0.29) is 18.4 Å². The second-order valence-corrected chi connectivity index (χ2v) is 6.37. The maximum absolute atomic E-state index is 13.8. The second kappa shape index (κ2) is 5.16. The summed E-state index contributed by atoms with van der Waals surface area (Å²) in [5.74, 6) is -0.842. The number of halogens is 2. The number of carbonyl (C=O) groups excluding carboxylic acids is 2. The van der Waals surface area contributed by atoms with Crippen LogP contribution in [0, 0.1) is 5.82 Å². The number of nitrogens with one attached hydrogen (secondary N) is 1. The molecule has 1 heterocycles. The van der Waals surface area contributed by atoms with Crippen molar-refractivity contribution in [3.05, 3.63) is 34.1 Å². The van der Waals surface area contributed by atoms with E-state index in [0.29, 0.717) is 5.56 Å². The fraction of sp³-hybridized carbons (Fsp3) is 0.429. The molecule has 6 heteroatoms. The van der Waals surface area contributed by atoms with Gasteiger partial charge in [0.2, 0.25) is 11.8 Å². The third-order valence-electron chi connectivity index (χ3n) is 3.43. The van der Waals surface area contributed by atoms with Gasteiger partial charge in [0.15, 0.2) is 0 Å². The van der Waals surface area contributed by atoms with Gasteiger partial charge < -0.3 is 10.2 Å². The van der Waals surface area contributed by atoms with Crippen LogP contribution in [0.4, 0.5) is 4.39 Å². The summed E-state index contributed by atoms with van der Waals surface area (Å²) in [4.78, 5) is 25.7. The molecule has 1 fully saturated rings. The van der Waals surface area contributed by atoms with Crippen LogP contribution in [0.25, 0.3) is 0 Å². The molecule has 0 radical (unpaired) electrons. The lowest BCUT2D eigenvalue weighted by Crippen LogP contribution is -2.67. The first-order valence-corrected chi connectivity index (χ1v) is 7.08. The molecule has 0 bridgehead atoms. The summed E-state index contributed by atoms with van der Waals surface area (Å²) < 4.78 is 14.5. The van der Waals surface area contributed by atoms with Crippen molar-refractivity contribution < 1.29 is 14.0 Å². The summed E-state index contributed by atoms with van der Waals surface area (Å²) in [7, 11) is 0. The number of piperazine rings is 1. The largest absolute Gasteiger partial charge is 0.340 e. The van der Waals surface area contributed by atoms with Crippen LogP contribution in [0.3, 0.4) is 0 Å². The van der Waals surface area contributed by atoms with Gasteiger partial charge >= 0.3 is 0 Å². The molecule has 1 aromatic carbocycles. The third kappa shape index (κ3) is 2.70. The Morgan fingerprint density at radius 1 is 1.40 bits per heavy atom. The van der Waals surface area contributed by atoms with E-state index >= 15 is 0 Å². The smallest absolute Gasteiger partial charge is 0.248 e. The number of amides is 2. The average Bonchev–Trinajstić information content (AvgIpc) is 2.36. The number of carbonyl (C=O) groups is 2. The van der Waals surface area contributed by atoms with Gasteiger partial charge in [-0.15, -0.1) is 0 Å². The lowest BCUT2D eigenvalue weighted by molar-refractivity contribution is -0.153. The molecule has 4 nitrogen and oxygen atoms in total. The predicted octanol–water partition coefficient (Wildman–Crippen LogP) is 2.21. The summed E-state index contributed by atoms with van der Waals surface area (Å²) >= 11 is 3.28. The number of nitrogens with zero attached hydrogens (tertiary/aromatic N) is 1. The lowest BCUT2D eigenvalue weighted by atomic mass is 9.96. The zero-order valence-corrected chi connectivity index (χ0v) is 13.1. The van der Waals surface area contributed by atoms with Crippen LogP contribution in [-0.2, 0) is 16.1 Å². The van der Waals surface area contributed by atoms with Gasteiger partial charge in [-0.05, 0) is 39.0 Å². The topological polar surface area (TPSA) is 49.4 Å². The van der Waals surface area contributed by atoms with E-state index in [0.717, 1.165) is 4.47 Å². The highest BCUT2D eigenvalue weighted by atomic mass is 79.9. The predicted molar refractivity (Wildman–Crippen MR) is 76.3 cm³/mol. The van der Waals surface area contributed by atoms with Crippen LogP contribution in [0.5, 0.6) is 0 Å². The summed E-state index contributed by atoms with van der Waals surface area (Å²) in [6.07, 6.45) is 0. The Balaban J connectivity index is 2.32. The fourth-order valence-corrected chi connectivity index (χ4v) is 2.61. The molecule has 0 aliphatic carbocycles. The lowest BCUT2D eigenvalue weighted by Gasteiger charge is -2.41. The minimum atomic E-state index is -0.966. The molecule has 1 saturated heterocycles. The number of benzene rings is 1. The average molecular weight is 343 g/mol. The molecule has 108 valence electrons. The first-order chi connectivity index (χ1) is 9.22. The van der Waals surface area contributed by atoms with Gasteiger partial charge in [-0.25, -0.2) is 4.39 Å². The summed E-state index contributed by atoms with van der Waals surface area (Å²) in [6.45, 7) is 4.99. The maximum Gasteiger partial charge on any atom is 0.248 e. The normalized spacial score (nSPS) is 21.9. The zero-order valence-electron chi connectivity index (χ0n) is 11.5. The Kier molecular flexibility index (Phi) is 3.86. The molecule has 1 aliphatic rings. The van der Waals surface area contributed by atoms with Crippen LogP contribution in [-0.4, -0.2) is 28.3 Å². The van der Waals surface area contributed by atoms with Crippen molar-refractivity contribution in [3.8, 4) is 0 Å². The Morgan fingerprint density at radius 2 is 2.05 bits per heavy atom. The van der Waals surface area contributed by atoms with Crippen molar-refractivity contribution >= 4 is 27.7 Å². The van der Waals surface area contributed by atoms with Crippen molar-refractivity contribution in [3.63, 3.8) is 0 Å². The maximum atomic E-state index is 13.8. The highest BCUT2D eigenvalue weighted by Gasteiger charge is 2.43. The molecular weight excluding hydrogens is 327 g/mol. The summed E-state index contributed by atoms with van der Waals surface area (Å²) in [5, 5.41) is 2.66. The molecule has 2 amide bonds. The molecule has 20 heavy (non-hydrogen) atoms. The summed E-state index contributed by atoms with van der Waals surface area (Å²) in [6, 6.07) is 3.93. The van der Waals surface area contributed by atoms with Gasteiger partial charge in [0, 0.05) is 16.6 Å². The van der Waals surface area contributed by atoms with Crippen LogP contribution in [0.2, 0.25) is 0 Å². The van der Waals surface area contributed by atoms with Gasteiger partial charge in [0.25, 0.3) is 0 Å². The monoisotopic (exact) mass is 342 g/mol. The van der Waals surface area contributed by atoms with Gasteiger partial charge in [0.1, 0.15) is 17.4 Å². The molecular formula is C14H16BrFN2O2. The minimum absolute atomic E-state index is 0.0716. The van der Waals surface area contributed by atoms with E-state index in [4.69, 9.17) is 0 Å². The van der Waals surface area contributed by atoms with E-state index in [1.165, 1.54) is 11.0 Å². The number of hydrogen-bond acceptors (Lipinski definition) is 2. The van der Waals surface area contributed by atoms with Gasteiger partial charge in [-0.1, -0.05) is 15.9 Å². The molecule has 1 aromatic rings. The van der Waals surface area contributed by atoms with E-state index in [1.807, 2.05) is 0 Å². The molecule has 0 aromatic heterocycles. The third-order valence-corrected chi connectivity index (χ3v) is 3.92. The standard InChI is InChI=1S/C14H16BrFN2O2/c1-8-12(19)17-14(2,3)13(20)18(8)7-9-6-10(15)4-5-11(9)16/h4-6,8H,7H2,1-3H3,(H,17,19). The van der Waals surface area contributed by atoms with E-state index < -0.39 is 17.4 Å². The van der Waals surface area contributed by atoms with Gasteiger partial charge in [0.05, 0.1) is 0 Å². The Labute approximate surface area is 125 Å². The number of hydrogen-bond donors (Lipinski definition) is 1. The fourth-order valence-electron chi connectivity index (χ4n) is 2.20. The van der Waals surface area contributed by atoms with Crippen molar-refractivity contribution in [2.75, 3.05) is 0 Å². The van der Waals surface area contributed by atoms with E-state index in [9.17, 15) is 14.0 Å². The van der Waals surface area contributed by atoms with Gasteiger partial charge in [-0.2, -0.15) is 0 Å². The molecule has 0 saturated carbocycles. The molecule has 1 N–H and O–H groups in total. The molecule has 1 aliphatic heterocycles. The molecule has 1 unspecified atom stereocenters. The Bertz CT molecular complexity index is 574. The quantitative estimate of drug-likeness (QED) is 0.895. The molecule has 1 atom stereocenters. The van der Waals surface area contributed by atoms with Crippen molar-refractivity contribution in [2.45, 2.75) is 38.9 Å². The second-order valence-electron chi connectivity index (χ2n) is 5.46. The van der Waals surface area contributed by atoms with Crippen LogP contribution in [0.1, 0.15) is 26.3 Å². The van der Waals surface area contributed by atoms with Crippen molar-refractivity contribution in [1.29, 1.82) is 0 Å². The molecule has 0 spiro atoms. The van der Waals surface area contributed by atoms with Gasteiger partial charge in [-0.3, -0.25) is 9.59 Å². The van der Waals surface area contributed by atoms with Crippen molar-refractivity contribution in [2.24, 2.45) is 0 Å². The van der Waals surface area contributed by atoms with Crippen LogP contribution >= 0.6 is 15.9 Å². The summed E-state index contributed by atoms with van der Waals surface area (Å²) in [5.41, 5.74) is -0.586. The SMILES string of the molecule is CC1C(=O)NC(C)(C)C(=O)N1Cc1cc(Br)ccc1F. The Morgan fingerprint density at radius 3 is 2.70 bits per heavy atom. The first kappa shape index (κ1) is 15.0. The van der Waals surface area contributed by atoms with Crippen LogP contribution in [0.15, 0.2) is 22.7 Å². The van der Waals surface area contributed by atoms with E-state index in [2.05, 4.69) is 21.2 Å².